The monoisotopic (exact) mass is 634 g/mol. The molecular weight excluding hydrogens is 622 g/mol. The number of hydrogen-bond donors (Lipinski definition) is 1. The number of alkyl halides is 9. The van der Waals surface area contributed by atoms with Crippen LogP contribution in [0, 0.1) is 11.3 Å². The van der Waals surface area contributed by atoms with Gasteiger partial charge in [-0.25, -0.2) is 13.8 Å². The van der Waals surface area contributed by atoms with Gasteiger partial charge in [0, 0.05) is 18.8 Å². The highest BCUT2D eigenvalue weighted by Crippen LogP contribution is 2.44. The SMILES string of the molecule is Cn1nc(OC(F)(F)C(F)C(F)(F)F)c(C(F)(F)F)c1-n1cc(-c2cc(Cl)c(Cl)c(C(=O)NC3(C#N)CC3)c2)cn1. The Labute approximate surface area is 233 Å². The van der Waals surface area contributed by atoms with E-state index in [-0.39, 0.29) is 26.7 Å². The van der Waals surface area contributed by atoms with E-state index in [0.717, 1.165) is 19.4 Å². The number of aromatic nitrogens is 4. The second kappa shape index (κ2) is 10.0. The molecule has 1 unspecified atom stereocenters. The van der Waals surface area contributed by atoms with E-state index in [9.17, 15) is 49.6 Å². The van der Waals surface area contributed by atoms with Crippen LogP contribution < -0.4 is 10.1 Å². The lowest BCUT2D eigenvalue weighted by molar-refractivity contribution is -0.306. The molecule has 4 rings (SSSR count). The molecule has 0 spiro atoms. The van der Waals surface area contributed by atoms with Crippen LogP contribution in [0.25, 0.3) is 16.9 Å². The van der Waals surface area contributed by atoms with E-state index >= 15 is 0 Å². The maximum atomic E-state index is 13.9. The summed E-state index contributed by atoms with van der Waals surface area (Å²) in [6, 6.07) is 4.40. The Kier molecular flexibility index (Phi) is 7.40. The number of carbonyl (C=O) groups excluding carboxylic acids is 1. The van der Waals surface area contributed by atoms with Crippen molar-refractivity contribution in [2.24, 2.45) is 7.05 Å². The lowest BCUT2D eigenvalue weighted by Crippen LogP contribution is -2.46. The fraction of sp³-hybridized carbons (Fsp3) is 0.364. The molecule has 41 heavy (non-hydrogen) atoms. The van der Waals surface area contributed by atoms with Crippen LogP contribution in [-0.2, 0) is 13.2 Å². The number of rotatable bonds is 7. The molecule has 8 nitrogen and oxygen atoms in total. The fourth-order valence-corrected chi connectivity index (χ4v) is 4.04. The summed E-state index contributed by atoms with van der Waals surface area (Å²) < 4.78 is 124. The Morgan fingerprint density at radius 1 is 1.15 bits per heavy atom. The third-order valence-corrected chi connectivity index (χ3v) is 6.61. The zero-order chi connectivity index (χ0) is 30.7. The predicted octanol–water partition coefficient (Wildman–Crippen LogP) is 6.26. The lowest BCUT2D eigenvalue weighted by atomic mass is 10.1. The molecule has 1 aliphatic carbocycles. The van der Waals surface area contributed by atoms with Gasteiger partial charge in [-0.15, -0.1) is 5.10 Å². The summed E-state index contributed by atoms with van der Waals surface area (Å²) in [5.74, 6) is -3.88. The molecule has 0 saturated heterocycles. The Hall–Kier alpha value is -3.65. The molecule has 1 amide bonds. The third kappa shape index (κ3) is 5.89. The van der Waals surface area contributed by atoms with Crippen molar-refractivity contribution in [3.05, 3.63) is 45.7 Å². The average molecular weight is 635 g/mol. The first kappa shape index (κ1) is 30.3. The van der Waals surface area contributed by atoms with Crippen molar-refractivity contribution in [3.63, 3.8) is 0 Å². The molecule has 19 heteroatoms. The van der Waals surface area contributed by atoms with Gasteiger partial charge in [0.05, 0.1) is 27.9 Å². The molecule has 1 saturated carbocycles. The average Bonchev–Trinajstić information content (AvgIpc) is 3.30. The van der Waals surface area contributed by atoms with E-state index in [1.165, 1.54) is 12.1 Å². The third-order valence-electron chi connectivity index (χ3n) is 5.81. The Bertz CT molecular complexity index is 1550. The van der Waals surface area contributed by atoms with E-state index in [1.807, 2.05) is 6.07 Å². The largest absolute Gasteiger partial charge is 0.440 e. The quantitative estimate of drug-likeness (QED) is 0.310. The first-order valence-electron chi connectivity index (χ1n) is 11.0. The van der Waals surface area contributed by atoms with Gasteiger partial charge >= 0.3 is 18.5 Å². The van der Waals surface area contributed by atoms with Gasteiger partial charge in [-0.1, -0.05) is 23.2 Å². The number of nitriles is 1. The predicted molar refractivity (Wildman–Crippen MR) is 122 cm³/mol. The number of amides is 1. The van der Waals surface area contributed by atoms with Gasteiger partial charge in [0.1, 0.15) is 5.54 Å². The van der Waals surface area contributed by atoms with Crippen molar-refractivity contribution in [2.75, 3.05) is 0 Å². The van der Waals surface area contributed by atoms with Crippen molar-refractivity contribution in [1.82, 2.24) is 24.9 Å². The molecule has 2 heterocycles. The first-order chi connectivity index (χ1) is 18.8. The van der Waals surface area contributed by atoms with Gasteiger partial charge in [-0.05, 0) is 30.5 Å². The fourth-order valence-electron chi connectivity index (χ4n) is 3.63. The van der Waals surface area contributed by atoms with Crippen LogP contribution in [0.3, 0.4) is 0 Å². The smallest absolute Gasteiger partial charge is 0.410 e. The van der Waals surface area contributed by atoms with E-state index < -0.39 is 53.3 Å². The summed E-state index contributed by atoms with van der Waals surface area (Å²) in [5.41, 5.74) is -3.21. The molecular formula is C22H13Cl2F9N6O2. The van der Waals surface area contributed by atoms with Crippen LogP contribution >= 0.6 is 23.2 Å². The molecule has 1 fully saturated rings. The summed E-state index contributed by atoms with van der Waals surface area (Å²) >= 11 is 12.3. The van der Waals surface area contributed by atoms with Crippen LogP contribution in [0.1, 0.15) is 28.8 Å². The highest BCUT2D eigenvalue weighted by atomic mass is 35.5. The maximum Gasteiger partial charge on any atom is 0.440 e. The first-order valence-corrected chi connectivity index (χ1v) is 11.8. The van der Waals surface area contributed by atoms with Gasteiger partial charge in [-0.2, -0.15) is 45.5 Å². The van der Waals surface area contributed by atoms with Crippen LogP contribution in [-0.4, -0.2) is 49.5 Å². The highest BCUT2D eigenvalue weighted by molar-refractivity contribution is 6.44. The van der Waals surface area contributed by atoms with Crippen molar-refractivity contribution < 1.29 is 49.0 Å². The number of benzene rings is 1. The number of carbonyl (C=O) groups is 1. The topological polar surface area (TPSA) is 97.8 Å². The van der Waals surface area contributed by atoms with Crippen molar-refractivity contribution in [2.45, 2.75) is 43.0 Å². The minimum atomic E-state index is -6.15. The van der Waals surface area contributed by atoms with Crippen molar-refractivity contribution in [3.8, 4) is 28.9 Å². The normalized spacial score (nSPS) is 15.8. The van der Waals surface area contributed by atoms with Crippen LogP contribution in [0.2, 0.25) is 10.0 Å². The molecule has 0 bridgehead atoms. The van der Waals surface area contributed by atoms with Crippen molar-refractivity contribution in [1.29, 1.82) is 5.26 Å². The molecule has 1 N–H and O–H groups in total. The van der Waals surface area contributed by atoms with Crippen LogP contribution in [0.15, 0.2) is 24.5 Å². The number of halogens is 11. The molecule has 1 atom stereocenters. The van der Waals surface area contributed by atoms with Gasteiger partial charge < -0.3 is 10.1 Å². The maximum absolute atomic E-state index is 13.9. The van der Waals surface area contributed by atoms with Crippen LogP contribution in [0.5, 0.6) is 5.88 Å². The molecule has 0 radical (unpaired) electrons. The second-order valence-corrected chi connectivity index (χ2v) is 9.62. The zero-order valence-electron chi connectivity index (χ0n) is 20.0. The minimum Gasteiger partial charge on any atom is -0.410 e. The molecule has 1 aliphatic rings. The summed E-state index contributed by atoms with van der Waals surface area (Å²) in [5, 5.41) is 18.2. The molecule has 2 aromatic heterocycles. The standard InChI is InChI=1S/C22H13Cl2F9N6O2/c1-38-17(13(20(26,27)28)16(37-38)41-22(32,33)18(25)21(29,30)31)39-7-10(6-35-39)9-4-11(14(24)12(23)5-9)15(40)36-19(8-34)2-3-19/h4-7,18H,2-3H2,1H3,(H,36,40). The van der Waals surface area contributed by atoms with Crippen molar-refractivity contribution >= 4 is 29.1 Å². The van der Waals surface area contributed by atoms with E-state index in [4.69, 9.17) is 23.2 Å². The lowest BCUT2D eigenvalue weighted by Gasteiger charge is -2.22. The molecule has 0 aliphatic heterocycles. The molecule has 3 aromatic rings. The summed E-state index contributed by atoms with van der Waals surface area (Å²) in [7, 11) is 0.818. The molecule has 1 aromatic carbocycles. The number of ether oxygens (including phenoxy) is 1. The summed E-state index contributed by atoms with van der Waals surface area (Å²) in [6.07, 6.45) is -19.7. The van der Waals surface area contributed by atoms with E-state index in [2.05, 4.69) is 20.3 Å². The highest BCUT2D eigenvalue weighted by Gasteiger charge is 2.60. The Balaban J connectivity index is 1.74. The van der Waals surface area contributed by atoms with E-state index in [1.54, 1.807) is 0 Å². The minimum absolute atomic E-state index is 0.0158. The number of hydrogen-bond acceptors (Lipinski definition) is 5. The summed E-state index contributed by atoms with van der Waals surface area (Å²) in [4.78, 5) is 12.7. The number of aryl methyl sites for hydroxylation is 1. The van der Waals surface area contributed by atoms with Crippen LogP contribution in [0.4, 0.5) is 39.5 Å². The van der Waals surface area contributed by atoms with Gasteiger partial charge in [0.15, 0.2) is 11.4 Å². The van der Waals surface area contributed by atoms with E-state index in [0.29, 0.717) is 22.2 Å². The Morgan fingerprint density at radius 3 is 2.32 bits per heavy atom. The number of nitrogens with zero attached hydrogens (tertiary/aromatic N) is 5. The Morgan fingerprint density at radius 2 is 1.78 bits per heavy atom. The van der Waals surface area contributed by atoms with Gasteiger partial charge in [0.2, 0.25) is 0 Å². The van der Waals surface area contributed by atoms with Gasteiger partial charge in [-0.3, -0.25) is 4.79 Å². The van der Waals surface area contributed by atoms with Gasteiger partial charge in [0.25, 0.3) is 18.0 Å². The zero-order valence-corrected chi connectivity index (χ0v) is 21.5. The second-order valence-electron chi connectivity index (χ2n) is 8.83. The summed E-state index contributed by atoms with van der Waals surface area (Å²) in [6.45, 7) is 0. The number of nitrogens with one attached hydrogen (secondary N) is 1. The molecule has 220 valence electrons.